The van der Waals surface area contributed by atoms with Gasteiger partial charge in [-0.25, -0.2) is 0 Å². The Kier molecular flexibility index (Phi) is 3.54. The zero-order chi connectivity index (χ0) is 11.5. The van der Waals surface area contributed by atoms with Crippen molar-refractivity contribution in [1.29, 1.82) is 0 Å². The third-order valence-corrected chi connectivity index (χ3v) is 3.61. The molecular weight excluding hydrogens is 218 g/mol. The highest BCUT2D eigenvalue weighted by Gasteiger charge is 2.25. The van der Waals surface area contributed by atoms with Crippen LogP contribution in [0.25, 0.3) is 0 Å². The lowest BCUT2D eigenvalue weighted by Gasteiger charge is -2.34. The molecule has 3 heteroatoms. The van der Waals surface area contributed by atoms with Crippen LogP contribution in [-0.4, -0.2) is 23.9 Å². The van der Waals surface area contributed by atoms with E-state index in [4.69, 9.17) is 0 Å². The first kappa shape index (κ1) is 11.5. The van der Waals surface area contributed by atoms with Gasteiger partial charge in [0.1, 0.15) is 0 Å². The molecule has 0 saturated heterocycles. The summed E-state index contributed by atoms with van der Waals surface area (Å²) in [6.45, 7) is 0. The van der Waals surface area contributed by atoms with Gasteiger partial charge >= 0.3 is 0 Å². The highest BCUT2D eigenvalue weighted by Crippen LogP contribution is 2.24. The molecule has 1 fully saturated rings. The van der Waals surface area contributed by atoms with Crippen LogP contribution in [0.15, 0.2) is 29.2 Å². The largest absolute Gasteiger partial charge is 0.342 e. The van der Waals surface area contributed by atoms with E-state index in [0.717, 1.165) is 23.3 Å². The number of hydrogen-bond acceptors (Lipinski definition) is 2. The molecule has 1 saturated carbocycles. The molecule has 0 atom stereocenters. The Morgan fingerprint density at radius 3 is 2.50 bits per heavy atom. The van der Waals surface area contributed by atoms with E-state index in [0.29, 0.717) is 12.5 Å². The Morgan fingerprint density at radius 1 is 1.38 bits per heavy atom. The lowest BCUT2D eigenvalue weighted by molar-refractivity contribution is -0.132. The van der Waals surface area contributed by atoms with Crippen molar-refractivity contribution in [2.24, 2.45) is 0 Å². The van der Waals surface area contributed by atoms with Gasteiger partial charge in [-0.15, -0.1) is 12.6 Å². The van der Waals surface area contributed by atoms with E-state index in [1.807, 2.05) is 36.2 Å². The first-order valence-corrected chi connectivity index (χ1v) is 6.15. The number of hydrogen-bond donors (Lipinski definition) is 1. The summed E-state index contributed by atoms with van der Waals surface area (Å²) in [5.41, 5.74) is 1.06. The Morgan fingerprint density at radius 2 is 2.00 bits per heavy atom. The monoisotopic (exact) mass is 235 g/mol. The Labute approximate surface area is 102 Å². The Bertz CT molecular complexity index is 370. The average molecular weight is 235 g/mol. The zero-order valence-electron chi connectivity index (χ0n) is 9.52. The van der Waals surface area contributed by atoms with Crippen LogP contribution in [0.4, 0.5) is 0 Å². The fraction of sp³-hybridized carbons (Fsp3) is 0.462. The molecule has 0 radical (unpaired) electrons. The molecule has 0 heterocycles. The van der Waals surface area contributed by atoms with Gasteiger partial charge in [-0.05, 0) is 37.0 Å². The first-order valence-electron chi connectivity index (χ1n) is 5.70. The molecule has 0 spiro atoms. The number of rotatable bonds is 3. The average Bonchev–Trinajstić information content (AvgIpc) is 2.19. The predicted octanol–water partition coefficient (Wildman–Crippen LogP) is 2.53. The van der Waals surface area contributed by atoms with Gasteiger partial charge in [-0.2, -0.15) is 0 Å². The summed E-state index contributed by atoms with van der Waals surface area (Å²) in [5, 5.41) is 0. The minimum Gasteiger partial charge on any atom is -0.342 e. The number of carbonyl (C=O) groups is 1. The number of benzene rings is 1. The molecule has 0 N–H and O–H groups in total. The smallest absolute Gasteiger partial charge is 0.226 e. The van der Waals surface area contributed by atoms with E-state index in [1.54, 1.807) is 0 Å². The van der Waals surface area contributed by atoms with E-state index in [9.17, 15) is 4.79 Å². The Balaban J connectivity index is 1.93. The molecule has 0 aliphatic heterocycles. The van der Waals surface area contributed by atoms with Crippen LogP contribution in [0.1, 0.15) is 24.8 Å². The molecule has 0 unspecified atom stereocenters. The number of nitrogens with zero attached hydrogens (tertiary/aromatic N) is 1. The summed E-state index contributed by atoms with van der Waals surface area (Å²) in [7, 11) is 1.92. The maximum absolute atomic E-state index is 11.9. The second-order valence-electron chi connectivity index (χ2n) is 4.43. The predicted molar refractivity (Wildman–Crippen MR) is 67.8 cm³/mol. The highest BCUT2D eigenvalue weighted by molar-refractivity contribution is 7.80. The van der Waals surface area contributed by atoms with Gasteiger partial charge in [0.2, 0.25) is 5.91 Å². The number of amides is 1. The van der Waals surface area contributed by atoms with E-state index < -0.39 is 0 Å². The second kappa shape index (κ2) is 4.91. The van der Waals surface area contributed by atoms with Crippen LogP contribution in [0.5, 0.6) is 0 Å². The topological polar surface area (TPSA) is 20.3 Å². The lowest BCUT2D eigenvalue weighted by Crippen LogP contribution is -2.42. The molecule has 86 valence electrons. The van der Waals surface area contributed by atoms with E-state index in [-0.39, 0.29) is 5.91 Å². The van der Waals surface area contributed by atoms with Gasteiger partial charge in [-0.3, -0.25) is 4.79 Å². The summed E-state index contributed by atoms with van der Waals surface area (Å²) in [6.07, 6.45) is 4.09. The van der Waals surface area contributed by atoms with Crippen molar-refractivity contribution >= 4 is 18.5 Å². The molecule has 1 amide bonds. The van der Waals surface area contributed by atoms with Crippen LogP contribution >= 0.6 is 12.6 Å². The molecule has 2 rings (SSSR count). The third kappa shape index (κ3) is 2.59. The van der Waals surface area contributed by atoms with Gasteiger partial charge in [0, 0.05) is 18.0 Å². The SMILES string of the molecule is CN(C(=O)Cc1ccc(S)cc1)C1CCC1. The molecule has 1 aliphatic rings. The van der Waals surface area contributed by atoms with Crippen LogP contribution < -0.4 is 0 Å². The molecule has 0 aromatic heterocycles. The second-order valence-corrected chi connectivity index (χ2v) is 4.95. The molecular formula is C13H17NOS. The van der Waals surface area contributed by atoms with E-state index in [1.165, 1.54) is 6.42 Å². The summed E-state index contributed by atoms with van der Waals surface area (Å²) in [6, 6.07) is 8.27. The van der Waals surface area contributed by atoms with Crippen molar-refractivity contribution in [3.63, 3.8) is 0 Å². The van der Waals surface area contributed by atoms with Gasteiger partial charge in [0.05, 0.1) is 6.42 Å². The van der Waals surface area contributed by atoms with Gasteiger partial charge in [0.25, 0.3) is 0 Å². The van der Waals surface area contributed by atoms with Crippen LogP contribution in [0.3, 0.4) is 0 Å². The summed E-state index contributed by atoms with van der Waals surface area (Å²) in [4.78, 5) is 14.8. The third-order valence-electron chi connectivity index (χ3n) is 3.31. The van der Waals surface area contributed by atoms with Crippen molar-refractivity contribution in [3.8, 4) is 0 Å². The number of likely N-dealkylation sites (N-methyl/N-ethyl adjacent to an activating group) is 1. The van der Waals surface area contributed by atoms with Crippen LogP contribution in [0, 0.1) is 0 Å². The summed E-state index contributed by atoms with van der Waals surface area (Å²) < 4.78 is 0. The van der Waals surface area contributed by atoms with Crippen LogP contribution in [-0.2, 0) is 11.2 Å². The first-order chi connectivity index (χ1) is 7.66. The summed E-state index contributed by atoms with van der Waals surface area (Å²) in [5.74, 6) is 0.219. The molecule has 1 aliphatic carbocycles. The Hall–Kier alpha value is -0.960. The lowest BCUT2D eigenvalue weighted by atomic mass is 9.91. The van der Waals surface area contributed by atoms with Crippen molar-refractivity contribution in [2.75, 3.05) is 7.05 Å². The maximum Gasteiger partial charge on any atom is 0.226 e. The van der Waals surface area contributed by atoms with E-state index >= 15 is 0 Å². The summed E-state index contributed by atoms with van der Waals surface area (Å²) >= 11 is 4.22. The van der Waals surface area contributed by atoms with Crippen LogP contribution in [0.2, 0.25) is 0 Å². The minimum atomic E-state index is 0.219. The molecule has 2 nitrogen and oxygen atoms in total. The maximum atomic E-state index is 11.9. The normalized spacial score (nSPS) is 15.6. The van der Waals surface area contributed by atoms with Crippen molar-refractivity contribution in [1.82, 2.24) is 4.90 Å². The molecule has 1 aromatic rings. The fourth-order valence-corrected chi connectivity index (χ4v) is 2.04. The van der Waals surface area contributed by atoms with Gasteiger partial charge in [0.15, 0.2) is 0 Å². The molecule has 0 bridgehead atoms. The fourth-order valence-electron chi connectivity index (χ4n) is 1.89. The van der Waals surface area contributed by atoms with Crippen molar-refractivity contribution < 1.29 is 4.79 Å². The number of carbonyl (C=O) groups excluding carboxylic acids is 1. The van der Waals surface area contributed by atoms with E-state index in [2.05, 4.69) is 12.6 Å². The van der Waals surface area contributed by atoms with Gasteiger partial charge < -0.3 is 4.90 Å². The molecule has 16 heavy (non-hydrogen) atoms. The van der Waals surface area contributed by atoms with Crippen molar-refractivity contribution in [3.05, 3.63) is 29.8 Å². The molecule has 1 aromatic carbocycles. The minimum absolute atomic E-state index is 0.219. The highest BCUT2D eigenvalue weighted by atomic mass is 32.1. The zero-order valence-corrected chi connectivity index (χ0v) is 10.4. The number of thiol groups is 1. The quantitative estimate of drug-likeness (QED) is 0.798. The van der Waals surface area contributed by atoms with Gasteiger partial charge in [-0.1, -0.05) is 12.1 Å². The standard InChI is InChI=1S/C13H17NOS/c1-14(11-3-2-4-11)13(15)9-10-5-7-12(16)8-6-10/h5-8,11,16H,2-4,9H2,1H3. The van der Waals surface area contributed by atoms with Crippen molar-refractivity contribution in [2.45, 2.75) is 36.6 Å².